The van der Waals surface area contributed by atoms with E-state index in [9.17, 15) is 34.8 Å². The van der Waals surface area contributed by atoms with E-state index < -0.39 is 46.8 Å². The van der Waals surface area contributed by atoms with Gasteiger partial charge in [-0.15, -0.1) is 0 Å². The number of amides is 1. The molecular weight excluding hydrogens is 1010 g/mol. The van der Waals surface area contributed by atoms with Gasteiger partial charge < -0.3 is 34.9 Å². The van der Waals surface area contributed by atoms with Crippen molar-refractivity contribution in [2.75, 3.05) is 115 Å². The summed E-state index contributed by atoms with van der Waals surface area (Å²) in [6, 6.07) is 18.7. The summed E-state index contributed by atoms with van der Waals surface area (Å²) in [6.07, 6.45) is 6.69. The number of ether oxygens (including phenoxy) is 2. The molecule has 16 nitrogen and oxygen atoms in total. The van der Waals surface area contributed by atoms with Crippen LogP contribution in [-0.2, 0) is 24.6 Å². The standard InChI is InChI=1S/C51H61ClF3N9O7S2/c1-50(35-63-19-16-56-17-20-63)13-11-43(36-3-5-39(52)6-4-36)38(32-50)34-62-21-23-64(24-22-62)40-7-9-44(46(30-40)71-41-29-37-12-15-58-48(37)59-33-41)49(65)60-73(68,69)42-8-10-45(47(31-42)72(66,67)51(53,54)55)57-14-2-18-61-25-27-70-28-26-61/h3-10,12,15,29-31,33,56-57H,2,11,13-14,16-28,32,34-35H2,1H3,(H,58,59)(H,60,65). The van der Waals surface area contributed by atoms with Crippen molar-refractivity contribution in [3.63, 3.8) is 0 Å². The summed E-state index contributed by atoms with van der Waals surface area (Å²) in [5.74, 6) is -0.916. The van der Waals surface area contributed by atoms with E-state index in [4.69, 9.17) is 21.1 Å². The number of halogens is 4. The van der Waals surface area contributed by atoms with Gasteiger partial charge in [0.25, 0.3) is 25.8 Å². The molecule has 22 heteroatoms. The number of fused-ring (bicyclic) bond motifs is 1. The smallest absolute Gasteiger partial charge is 0.455 e. The van der Waals surface area contributed by atoms with Gasteiger partial charge in [0.15, 0.2) is 0 Å². The van der Waals surface area contributed by atoms with Crippen LogP contribution in [0.3, 0.4) is 0 Å². The van der Waals surface area contributed by atoms with Crippen LogP contribution in [0.1, 0.15) is 48.5 Å². The van der Waals surface area contributed by atoms with Gasteiger partial charge in [-0.3, -0.25) is 14.6 Å². The molecule has 3 aliphatic heterocycles. The second kappa shape index (κ2) is 22.3. The van der Waals surface area contributed by atoms with E-state index in [1.165, 1.54) is 29.0 Å². The lowest BCUT2D eigenvalue weighted by atomic mass is 9.71. The molecule has 5 aromatic rings. The van der Waals surface area contributed by atoms with E-state index in [0.29, 0.717) is 74.8 Å². The number of H-pyrrole nitrogens is 1. The molecule has 2 aromatic heterocycles. The van der Waals surface area contributed by atoms with Crippen LogP contribution in [0.25, 0.3) is 16.6 Å². The third kappa shape index (κ3) is 12.6. The number of sulfone groups is 1. The molecule has 0 bridgehead atoms. The summed E-state index contributed by atoms with van der Waals surface area (Å²) in [5, 5.41) is 7.62. The molecule has 1 amide bonds. The number of alkyl halides is 3. The number of benzene rings is 3. The van der Waals surface area contributed by atoms with E-state index >= 15 is 0 Å². The predicted octanol–water partition coefficient (Wildman–Crippen LogP) is 7.23. The Hall–Kier alpha value is -5.26. The molecular formula is C51H61ClF3N9O7S2. The van der Waals surface area contributed by atoms with Crippen LogP contribution in [-0.4, -0.2) is 158 Å². The van der Waals surface area contributed by atoms with Crippen LogP contribution in [0.5, 0.6) is 11.5 Å². The first-order valence-electron chi connectivity index (χ1n) is 24.6. The van der Waals surface area contributed by atoms with Gasteiger partial charge in [-0.05, 0) is 103 Å². The Morgan fingerprint density at radius 3 is 2.38 bits per heavy atom. The Balaban J connectivity index is 0.932. The minimum atomic E-state index is -6.05. The van der Waals surface area contributed by atoms with E-state index in [0.717, 1.165) is 89.1 Å². The predicted molar refractivity (Wildman–Crippen MR) is 276 cm³/mol. The number of carbonyl (C=O) groups excluding carboxylic acids is 1. The number of anilines is 2. The van der Waals surface area contributed by atoms with Gasteiger partial charge in [-0.2, -0.15) is 13.2 Å². The lowest BCUT2D eigenvalue weighted by Gasteiger charge is -2.43. The normalized spacial score (nSPS) is 20.1. The Morgan fingerprint density at radius 2 is 1.64 bits per heavy atom. The molecule has 3 fully saturated rings. The first kappa shape index (κ1) is 52.6. The maximum atomic E-state index is 14.1. The summed E-state index contributed by atoms with van der Waals surface area (Å²) in [6.45, 7) is 14.3. The third-order valence-electron chi connectivity index (χ3n) is 14.2. The average molecular weight is 1070 g/mol. The van der Waals surface area contributed by atoms with Crippen LogP contribution in [0.2, 0.25) is 5.02 Å². The number of hydrogen-bond donors (Lipinski definition) is 4. The largest absolute Gasteiger partial charge is 0.501 e. The number of sulfonamides is 1. The molecule has 9 rings (SSSR count). The van der Waals surface area contributed by atoms with Crippen LogP contribution in [0.15, 0.2) is 101 Å². The summed E-state index contributed by atoms with van der Waals surface area (Å²) in [5.41, 5.74) is -0.913. The molecule has 73 heavy (non-hydrogen) atoms. The van der Waals surface area contributed by atoms with Gasteiger partial charge in [0.05, 0.1) is 35.6 Å². The zero-order valence-electron chi connectivity index (χ0n) is 40.6. The van der Waals surface area contributed by atoms with Gasteiger partial charge in [-0.1, -0.05) is 36.2 Å². The Labute approximate surface area is 429 Å². The number of carbonyl (C=O) groups is 1. The summed E-state index contributed by atoms with van der Waals surface area (Å²) >= 11 is 6.32. The summed E-state index contributed by atoms with van der Waals surface area (Å²) < 4.78 is 109. The number of allylic oxidation sites excluding steroid dienone is 1. The van der Waals surface area contributed by atoms with Crippen LogP contribution >= 0.6 is 11.6 Å². The lowest BCUT2D eigenvalue weighted by Crippen LogP contribution is -2.49. The zero-order chi connectivity index (χ0) is 51.4. The quantitative estimate of drug-likeness (QED) is 0.0685. The number of aromatic nitrogens is 2. The van der Waals surface area contributed by atoms with Crippen molar-refractivity contribution in [2.24, 2.45) is 5.41 Å². The molecule has 0 saturated carbocycles. The molecule has 0 spiro atoms. The first-order valence-corrected chi connectivity index (χ1v) is 28.0. The number of morpholine rings is 1. The highest BCUT2D eigenvalue weighted by Crippen LogP contribution is 2.44. The molecule has 3 saturated heterocycles. The minimum Gasteiger partial charge on any atom is -0.455 e. The summed E-state index contributed by atoms with van der Waals surface area (Å²) in [4.78, 5) is 28.7. The molecule has 0 radical (unpaired) electrons. The lowest BCUT2D eigenvalue weighted by molar-refractivity contribution is -0.0435. The fraction of sp³-hybridized carbons (Fsp3) is 0.451. The number of nitrogens with one attached hydrogen (secondary N) is 4. The highest BCUT2D eigenvalue weighted by molar-refractivity contribution is 7.92. The van der Waals surface area contributed by atoms with Crippen LogP contribution in [0.4, 0.5) is 24.5 Å². The van der Waals surface area contributed by atoms with E-state index in [2.05, 4.69) is 59.3 Å². The number of piperazine rings is 2. The van der Waals surface area contributed by atoms with Crippen molar-refractivity contribution in [2.45, 2.75) is 47.9 Å². The molecule has 392 valence electrons. The van der Waals surface area contributed by atoms with Crippen LogP contribution in [0, 0.1) is 5.41 Å². The molecule has 5 heterocycles. The monoisotopic (exact) mass is 1070 g/mol. The minimum absolute atomic E-state index is 0.00924. The van der Waals surface area contributed by atoms with Gasteiger partial charge in [0, 0.05) is 113 Å². The Kier molecular flexibility index (Phi) is 16.1. The van der Waals surface area contributed by atoms with Gasteiger partial charge in [0.1, 0.15) is 22.0 Å². The molecule has 4 aliphatic rings. The first-order chi connectivity index (χ1) is 34.9. The molecule has 1 unspecified atom stereocenters. The fourth-order valence-electron chi connectivity index (χ4n) is 10.3. The summed E-state index contributed by atoms with van der Waals surface area (Å²) in [7, 11) is -11.0. The fourth-order valence-corrected chi connectivity index (χ4v) is 12.4. The van der Waals surface area contributed by atoms with Crippen LogP contribution < -0.4 is 25.0 Å². The molecule has 3 aromatic carbocycles. The number of rotatable bonds is 17. The SMILES string of the molecule is CC1(CN2CCNCC2)CCC(c2ccc(Cl)cc2)=C(CN2CCN(c3ccc(C(=O)NS(=O)(=O)c4ccc(NCCCN5CCOCC5)c(S(=O)(=O)C(F)(F)F)c4)c(Oc4cnc5[nH]ccc5c4)c3)CC2)C1. The second-order valence-corrected chi connectivity index (χ2v) is 23.5. The Morgan fingerprint density at radius 1 is 0.890 bits per heavy atom. The van der Waals surface area contributed by atoms with Crippen molar-refractivity contribution >= 4 is 65.3 Å². The van der Waals surface area contributed by atoms with Crippen molar-refractivity contribution in [1.82, 2.24) is 34.7 Å². The van der Waals surface area contributed by atoms with Gasteiger partial charge >= 0.3 is 5.51 Å². The van der Waals surface area contributed by atoms with Gasteiger partial charge in [0.2, 0.25) is 0 Å². The number of aromatic amines is 1. The van der Waals surface area contributed by atoms with Crippen molar-refractivity contribution < 1.29 is 44.3 Å². The van der Waals surface area contributed by atoms with E-state index in [1.54, 1.807) is 30.5 Å². The molecule has 1 aliphatic carbocycles. The molecule has 1 atom stereocenters. The highest BCUT2D eigenvalue weighted by atomic mass is 35.5. The number of pyridine rings is 1. The Bertz CT molecular complexity index is 3030. The maximum Gasteiger partial charge on any atom is 0.501 e. The van der Waals surface area contributed by atoms with Crippen molar-refractivity contribution in [3.05, 3.63) is 107 Å². The third-order valence-corrected chi connectivity index (χ3v) is 17.3. The topological polar surface area (TPSA) is 182 Å². The van der Waals surface area contributed by atoms with E-state index in [1.807, 2.05) is 16.9 Å². The highest BCUT2D eigenvalue weighted by Gasteiger charge is 2.48. The van der Waals surface area contributed by atoms with Crippen molar-refractivity contribution in [3.8, 4) is 11.5 Å². The van der Waals surface area contributed by atoms with Crippen molar-refractivity contribution in [1.29, 1.82) is 0 Å². The van der Waals surface area contributed by atoms with Gasteiger partial charge in [-0.25, -0.2) is 26.5 Å². The molecule has 4 N–H and O–H groups in total. The second-order valence-electron chi connectivity index (χ2n) is 19.5. The number of hydrogen-bond acceptors (Lipinski definition) is 14. The average Bonchev–Trinajstić information content (AvgIpc) is 3.84. The van der Waals surface area contributed by atoms with E-state index in [-0.39, 0.29) is 29.0 Å². The number of nitrogens with zero attached hydrogens (tertiary/aromatic N) is 5. The zero-order valence-corrected chi connectivity index (χ0v) is 43.0. The maximum absolute atomic E-state index is 14.1.